The predicted molar refractivity (Wildman–Crippen MR) is 71.8 cm³/mol. The maximum Gasteiger partial charge on any atom is 0.282 e. The van der Waals surface area contributed by atoms with Crippen molar-refractivity contribution in [1.29, 1.82) is 5.41 Å². The van der Waals surface area contributed by atoms with E-state index in [2.05, 4.69) is 0 Å². The maximum atomic E-state index is 12.3. The first kappa shape index (κ1) is 17.3. The third-order valence-electron chi connectivity index (χ3n) is 2.59. The molecule has 0 heterocycles. The summed E-state index contributed by atoms with van der Waals surface area (Å²) in [6, 6.07) is -0.127. The molecule has 0 unspecified atom stereocenters. The molecule has 0 aliphatic heterocycles. The number of nitrogens with zero attached hydrogens (tertiary/aromatic N) is 2. The minimum absolute atomic E-state index is 0.0279. The molecular formula is C10H24N4O3S. The standard InChI is InChI=1S/C10H24N4O3S/c1-9(2)13(3)18(15,16)14(7-8-17-4)6-5-10(11)12/h9H,5-8H2,1-4H3,(H3,11,12). The molecule has 0 saturated carbocycles. The van der Waals surface area contributed by atoms with E-state index >= 15 is 0 Å². The van der Waals surface area contributed by atoms with Crippen LogP contribution in [0.1, 0.15) is 20.3 Å². The molecule has 0 rings (SSSR count). The van der Waals surface area contributed by atoms with Crippen molar-refractivity contribution in [2.24, 2.45) is 5.73 Å². The van der Waals surface area contributed by atoms with Gasteiger partial charge in [-0.05, 0) is 13.8 Å². The average molecular weight is 280 g/mol. The lowest BCUT2D eigenvalue weighted by Gasteiger charge is -2.29. The minimum Gasteiger partial charge on any atom is -0.388 e. The summed E-state index contributed by atoms with van der Waals surface area (Å²) < 4.78 is 32.0. The van der Waals surface area contributed by atoms with E-state index in [1.54, 1.807) is 13.8 Å². The summed E-state index contributed by atoms with van der Waals surface area (Å²) in [5, 5.41) is 7.17. The monoisotopic (exact) mass is 280 g/mol. The summed E-state index contributed by atoms with van der Waals surface area (Å²) in [6.07, 6.45) is 0.217. The molecule has 0 aliphatic rings. The maximum absolute atomic E-state index is 12.3. The first-order chi connectivity index (χ1) is 8.23. The summed E-state index contributed by atoms with van der Waals surface area (Å²) in [6.45, 7) is 4.36. The van der Waals surface area contributed by atoms with E-state index in [-0.39, 0.29) is 31.4 Å². The number of rotatable bonds is 9. The number of amidine groups is 1. The van der Waals surface area contributed by atoms with E-state index in [0.717, 1.165) is 0 Å². The van der Waals surface area contributed by atoms with Crippen LogP contribution in [0.3, 0.4) is 0 Å². The summed E-state index contributed by atoms with van der Waals surface area (Å²) in [5.41, 5.74) is 5.27. The van der Waals surface area contributed by atoms with Gasteiger partial charge in [-0.3, -0.25) is 5.41 Å². The van der Waals surface area contributed by atoms with E-state index in [1.807, 2.05) is 0 Å². The molecule has 0 spiro atoms. The quantitative estimate of drug-likeness (QED) is 0.453. The molecule has 0 saturated heterocycles. The fraction of sp³-hybridized carbons (Fsp3) is 0.900. The molecule has 0 amide bonds. The molecule has 3 N–H and O–H groups in total. The molecule has 0 bridgehead atoms. The van der Waals surface area contributed by atoms with Crippen LogP contribution < -0.4 is 5.73 Å². The Morgan fingerprint density at radius 2 is 1.94 bits per heavy atom. The van der Waals surface area contributed by atoms with Crippen molar-refractivity contribution < 1.29 is 13.2 Å². The van der Waals surface area contributed by atoms with Crippen LogP contribution in [-0.4, -0.2) is 62.8 Å². The van der Waals surface area contributed by atoms with E-state index < -0.39 is 10.2 Å². The first-order valence-corrected chi connectivity index (χ1v) is 7.18. The molecule has 0 aromatic carbocycles. The van der Waals surface area contributed by atoms with Crippen molar-refractivity contribution in [2.75, 3.05) is 33.9 Å². The van der Waals surface area contributed by atoms with Crippen molar-refractivity contribution >= 4 is 16.0 Å². The smallest absolute Gasteiger partial charge is 0.282 e. The Bertz CT molecular complexity index is 356. The van der Waals surface area contributed by atoms with Gasteiger partial charge in [0.1, 0.15) is 0 Å². The second kappa shape index (κ2) is 7.67. The zero-order valence-electron chi connectivity index (χ0n) is 11.5. The van der Waals surface area contributed by atoms with Crippen LogP contribution in [0, 0.1) is 5.41 Å². The van der Waals surface area contributed by atoms with Crippen molar-refractivity contribution in [3.05, 3.63) is 0 Å². The Hall–Kier alpha value is -0.700. The van der Waals surface area contributed by atoms with Crippen LogP contribution in [-0.2, 0) is 14.9 Å². The molecule has 8 heteroatoms. The highest BCUT2D eigenvalue weighted by molar-refractivity contribution is 7.86. The van der Waals surface area contributed by atoms with Crippen molar-refractivity contribution in [3.8, 4) is 0 Å². The average Bonchev–Trinajstić information content (AvgIpc) is 2.27. The van der Waals surface area contributed by atoms with Crippen molar-refractivity contribution in [2.45, 2.75) is 26.3 Å². The number of hydrogen-bond donors (Lipinski definition) is 2. The van der Waals surface area contributed by atoms with Crippen LogP contribution in [0.4, 0.5) is 0 Å². The summed E-state index contributed by atoms with van der Waals surface area (Å²) in [4.78, 5) is 0. The fourth-order valence-electron chi connectivity index (χ4n) is 1.23. The van der Waals surface area contributed by atoms with Gasteiger partial charge >= 0.3 is 0 Å². The van der Waals surface area contributed by atoms with Crippen LogP contribution in [0.2, 0.25) is 0 Å². The molecule has 7 nitrogen and oxygen atoms in total. The van der Waals surface area contributed by atoms with Gasteiger partial charge in [-0.2, -0.15) is 17.0 Å². The van der Waals surface area contributed by atoms with Crippen LogP contribution in [0.5, 0.6) is 0 Å². The Morgan fingerprint density at radius 1 is 1.39 bits per heavy atom. The van der Waals surface area contributed by atoms with Gasteiger partial charge in [0.15, 0.2) is 0 Å². The Kier molecular flexibility index (Phi) is 7.37. The Balaban J connectivity index is 4.86. The summed E-state index contributed by atoms with van der Waals surface area (Å²) >= 11 is 0. The lowest BCUT2D eigenvalue weighted by molar-refractivity contribution is 0.176. The van der Waals surface area contributed by atoms with Gasteiger partial charge in [-0.25, -0.2) is 0 Å². The van der Waals surface area contributed by atoms with E-state index in [0.29, 0.717) is 6.61 Å². The third kappa shape index (κ3) is 5.30. The molecule has 0 aromatic heterocycles. The SMILES string of the molecule is COCCN(CCC(=N)N)S(=O)(=O)N(C)C(C)C. The van der Waals surface area contributed by atoms with Gasteiger partial charge in [0.2, 0.25) is 0 Å². The van der Waals surface area contributed by atoms with Gasteiger partial charge in [-0.15, -0.1) is 0 Å². The second-order valence-electron chi connectivity index (χ2n) is 4.28. The number of nitrogens with two attached hydrogens (primary N) is 1. The van der Waals surface area contributed by atoms with E-state index in [4.69, 9.17) is 15.9 Å². The van der Waals surface area contributed by atoms with Gasteiger partial charge in [0.25, 0.3) is 10.2 Å². The zero-order chi connectivity index (χ0) is 14.3. The molecule has 0 aliphatic carbocycles. The molecule has 0 fully saturated rings. The molecule has 0 atom stereocenters. The Morgan fingerprint density at radius 3 is 2.33 bits per heavy atom. The summed E-state index contributed by atoms with van der Waals surface area (Å²) in [5.74, 6) is -0.0279. The topological polar surface area (TPSA) is 99.7 Å². The second-order valence-corrected chi connectivity index (χ2v) is 6.27. The molecule has 0 aromatic rings. The largest absolute Gasteiger partial charge is 0.388 e. The fourth-order valence-corrected chi connectivity index (χ4v) is 2.75. The normalized spacial score (nSPS) is 12.6. The van der Waals surface area contributed by atoms with Gasteiger partial charge in [-0.1, -0.05) is 0 Å². The lowest BCUT2D eigenvalue weighted by Crippen LogP contribution is -2.46. The predicted octanol–water partition coefficient (Wildman–Crippen LogP) is -0.154. The Labute approximate surface area is 110 Å². The van der Waals surface area contributed by atoms with Gasteiger partial charge in [0, 0.05) is 39.7 Å². The third-order valence-corrected chi connectivity index (χ3v) is 4.76. The highest BCUT2D eigenvalue weighted by Gasteiger charge is 2.28. The number of ether oxygens (including phenoxy) is 1. The highest BCUT2D eigenvalue weighted by Crippen LogP contribution is 2.10. The van der Waals surface area contributed by atoms with Crippen molar-refractivity contribution in [3.63, 3.8) is 0 Å². The van der Waals surface area contributed by atoms with Crippen LogP contribution >= 0.6 is 0 Å². The minimum atomic E-state index is -3.53. The van der Waals surface area contributed by atoms with Gasteiger partial charge < -0.3 is 10.5 Å². The van der Waals surface area contributed by atoms with Crippen LogP contribution in [0.15, 0.2) is 0 Å². The molecule has 0 radical (unpaired) electrons. The number of nitrogens with one attached hydrogen (secondary N) is 1. The molecular weight excluding hydrogens is 256 g/mol. The van der Waals surface area contributed by atoms with Gasteiger partial charge in [0.05, 0.1) is 12.4 Å². The number of methoxy groups -OCH3 is 1. The zero-order valence-corrected chi connectivity index (χ0v) is 12.3. The van der Waals surface area contributed by atoms with E-state index in [9.17, 15) is 8.42 Å². The van der Waals surface area contributed by atoms with E-state index in [1.165, 1.54) is 22.8 Å². The molecule has 18 heavy (non-hydrogen) atoms. The van der Waals surface area contributed by atoms with Crippen molar-refractivity contribution in [1.82, 2.24) is 8.61 Å². The number of hydrogen-bond acceptors (Lipinski definition) is 4. The first-order valence-electron chi connectivity index (χ1n) is 5.78. The lowest BCUT2D eigenvalue weighted by atomic mass is 10.4. The highest BCUT2D eigenvalue weighted by atomic mass is 32.2. The van der Waals surface area contributed by atoms with Crippen LogP contribution in [0.25, 0.3) is 0 Å². The summed E-state index contributed by atoms with van der Waals surface area (Å²) in [7, 11) is -0.483. The molecule has 108 valence electrons.